The number of hydrogen-bond donors (Lipinski definition) is 1. The fraction of sp³-hybridized carbons (Fsp3) is 0.0769. The standard InChI is InChI=1S/C13H11ClN4.2ClH/c14-11-7-9(1-2-10(11)8-15)13-12-3-4-17-18(12)6-5-16-13;;/h1-7H,8,15H2;2*1H. The molecular formula is C13H13Cl3N4. The van der Waals surface area contributed by atoms with Crippen molar-refractivity contribution in [2.45, 2.75) is 6.54 Å². The van der Waals surface area contributed by atoms with Gasteiger partial charge in [-0.15, -0.1) is 24.8 Å². The predicted octanol–water partition coefficient (Wildman–Crippen LogP) is 3.35. The van der Waals surface area contributed by atoms with Crippen molar-refractivity contribution < 1.29 is 0 Å². The molecule has 2 heterocycles. The second-order valence-electron chi connectivity index (χ2n) is 3.95. The maximum atomic E-state index is 6.17. The molecule has 0 atom stereocenters. The van der Waals surface area contributed by atoms with Crippen molar-refractivity contribution in [1.82, 2.24) is 14.6 Å². The minimum Gasteiger partial charge on any atom is -0.326 e. The number of hydrogen-bond acceptors (Lipinski definition) is 3. The molecule has 0 amide bonds. The maximum Gasteiger partial charge on any atom is 0.0960 e. The molecular weight excluding hydrogens is 319 g/mol. The van der Waals surface area contributed by atoms with Crippen LogP contribution in [-0.4, -0.2) is 14.6 Å². The van der Waals surface area contributed by atoms with E-state index < -0.39 is 0 Å². The monoisotopic (exact) mass is 330 g/mol. The molecule has 3 aromatic rings. The number of aromatic nitrogens is 3. The Bertz CT molecular complexity index is 712. The summed E-state index contributed by atoms with van der Waals surface area (Å²) >= 11 is 6.17. The zero-order chi connectivity index (χ0) is 12.5. The Morgan fingerprint density at radius 2 is 1.95 bits per heavy atom. The topological polar surface area (TPSA) is 56.2 Å². The molecule has 0 saturated heterocycles. The molecule has 0 unspecified atom stereocenters. The van der Waals surface area contributed by atoms with Crippen LogP contribution in [0, 0.1) is 0 Å². The fourth-order valence-corrected chi connectivity index (χ4v) is 2.20. The summed E-state index contributed by atoms with van der Waals surface area (Å²) in [4.78, 5) is 4.40. The van der Waals surface area contributed by atoms with Crippen LogP contribution in [0.4, 0.5) is 0 Å². The highest BCUT2D eigenvalue weighted by Crippen LogP contribution is 2.26. The number of fused-ring (bicyclic) bond motifs is 1. The Morgan fingerprint density at radius 3 is 2.65 bits per heavy atom. The SMILES string of the molecule is Cl.Cl.NCc1ccc(-c2nccn3nccc23)cc1Cl. The molecule has 3 rings (SSSR count). The van der Waals surface area contributed by atoms with Crippen LogP contribution < -0.4 is 5.73 Å². The molecule has 0 spiro atoms. The van der Waals surface area contributed by atoms with E-state index in [1.807, 2.05) is 30.5 Å². The Hall–Kier alpha value is -1.33. The van der Waals surface area contributed by atoms with Crippen molar-refractivity contribution in [3.8, 4) is 11.3 Å². The molecule has 20 heavy (non-hydrogen) atoms. The van der Waals surface area contributed by atoms with E-state index in [2.05, 4.69) is 10.1 Å². The van der Waals surface area contributed by atoms with Crippen LogP contribution in [0.5, 0.6) is 0 Å². The minimum atomic E-state index is 0. The van der Waals surface area contributed by atoms with Crippen LogP contribution in [0.2, 0.25) is 5.02 Å². The van der Waals surface area contributed by atoms with Crippen molar-refractivity contribution in [2.24, 2.45) is 5.73 Å². The summed E-state index contributed by atoms with van der Waals surface area (Å²) in [5, 5.41) is 4.85. The summed E-state index contributed by atoms with van der Waals surface area (Å²) < 4.78 is 1.78. The molecule has 0 aliphatic heterocycles. The lowest BCUT2D eigenvalue weighted by molar-refractivity contribution is 0.948. The molecule has 0 bridgehead atoms. The van der Waals surface area contributed by atoms with Gasteiger partial charge in [0.05, 0.1) is 17.4 Å². The average molecular weight is 332 g/mol. The van der Waals surface area contributed by atoms with Crippen LogP contribution >= 0.6 is 36.4 Å². The van der Waals surface area contributed by atoms with Gasteiger partial charge in [0.25, 0.3) is 0 Å². The molecule has 2 N–H and O–H groups in total. The number of halogens is 3. The minimum absolute atomic E-state index is 0. The average Bonchev–Trinajstić information content (AvgIpc) is 2.86. The molecule has 1 aromatic carbocycles. The Morgan fingerprint density at radius 1 is 1.15 bits per heavy atom. The van der Waals surface area contributed by atoms with Gasteiger partial charge in [-0.25, -0.2) is 4.52 Å². The van der Waals surface area contributed by atoms with E-state index in [0.717, 1.165) is 22.3 Å². The first-order chi connectivity index (χ1) is 8.79. The van der Waals surface area contributed by atoms with Gasteiger partial charge in [0.15, 0.2) is 0 Å². The Kier molecular flexibility index (Phi) is 5.77. The molecule has 0 aliphatic rings. The van der Waals surface area contributed by atoms with Gasteiger partial charge in [-0.3, -0.25) is 4.98 Å². The Labute approximate surface area is 133 Å². The molecule has 106 valence electrons. The van der Waals surface area contributed by atoms with Crippen LogP contribution in [-0.2, 0) is 6.54 Å². The first-order valence-corrected chi connectivity index (χ1v) is 5.94. The first kappa shape index (κ1) is 16.7. The van der Waals surface area contributed by atoms with Gasteiger partial charge < -0.3 is 5.73 Å². The van der Waals surface area contributed by atoms with Crippen molar-refractivity contribution in [2.75, 3.05) is 0 Å². The van der Waals surface area contributed by atoms with E-state index in [4.69, 9.17) is 17.3 Å². The largest absolute Gasteiger partial charge is 0.326 e. The lowest BCUT2D eigenvalue weighted by Gasteiger charge is -2.06. The van der Waals surface area contributed by atoms with E-state index in [1.165, 1.54) is 0 Å². The van der Waals surface area contributed by atoms with Crippen molar-refractivity contribution >= 4 is 41.9 Å². The summed E-state index contributed by atoms with van der Waals surface area (Å²) in [5.41, 5.74) is 9.31. The van der Waals surface area contributed by atoms with Crippen molar-refractivity contribution in [1.29, 1.82) is 0 Å². The van der Waals surface area contributed by atoms with Crippen LogP contribution in [0.3, 0.4) is 0 Å². The van der Waals surface area contributed by atoms with E-state index in [1.54, 1.807) is 16.9 Å². The highest BCUT2D eigenvalue weighted by atomic mass is 35.5. The maximum absolute atomic E-state index is 6.17. The summed E-state index contributed by atoms with van der Waals surface area (Å²) in [5.74, 6) is 0. The number of rotatable bonds is 2. The third-order valence-electron chi connectivity index (χ3n) is 2.87. The van der Waals surface area contributed by atoms with Crippen molar-refractivity contribution in [3.05, 3.63) is 53.4 Å². The predicted molar refractivity (Wildman–Crippen MR) is 85.8 cm³/mol. The van der Waals surface area contributed by atoms with Gasteiger partial charge in [-0.05, 0) is 17.7 Å². The fourth-order valence-electron chi connectivity index (χ4n) is 1.94. The van der Waals surface area contributed by atoms with E-state index in [9.17, 15) is 0 Å². The van der Waals surface area contributed by atoms with Gasteiger partial charge in [0, 0.05) is 29.5 Å². The molecule has 0 saturated carbocycles. The van der Waals surface area contributed by atoms with Crippen LogP contribution in [0.15, 0.2) is 42.9 Å². The third-order valence-corrected chi connectivity index (χ3v) is 3.22. The van der Waals surface area contributed by atoms with E-state index >= 15 is 0 Å². The molecule has 4 nitrogen and oxygen atoms in total. The van der Waals surface area contributed by atoms with Crippen LogP contribution in [0.1, 0.15) is 5.56 Å². The van der Waals surface area contributed by atoms with E-state index in [0.29, 0.717) is 11.6 Å². The van der Waals surface area contributed by atoms with E-state index in [-0.39, 0.29) is 24.8 Å². The second-order valence-corrected chi connectivity index (χ2v) is 4.35. The Balaban J connectivity index is 0.000001000. The lowest BCUT2D eigenvalue weighted by atomic mass is 10.1. The van der Waals surface area contributed by atoms with Gasteiger partial charge >= 0.3 is 0 Å². The first-order valence-electron chi connectivity index (χ1n) is 5.57. The molecule has 7 heteroatoms. The normalized spacial score (nSPS) is 9.90. The smallest absolute Gasteiger partial charge is 0.0960 e. The summed E-state index contributed by atoms with van der Waals surface area (Å²) in [7, 11) is 0. The molecule has 0 fully saturated rings. The summed E-state index contributed by atoms with van der Waals surface area (Å²) in [6.45, 7) is 0.434. The van der Waals surface area contributed by atoms with Gasteiger partial charge in [-0.1, -0.05) is 23.7 Å². The number of benzene rings is 1. The molecule has 0 radical (unpaired) electrons. The number of nitrogens with two attached hydrogens (primary N) is 1. The third kappa shape index (κ3) is 2.88. The summed E-state index contributed by atoms with van der Waals surface area (Å²) in [6.07, 6.45) is 5.28. The zero-order valence-corrected chi connectivity index (χ0v) is 12.8. The molecule has 0 aliphatic carbocycles. The summed E-state index contributed by atoms with van der Waals surface area (Å²) in [6, 6.07) is 7.72. The van der Waals surface area contributed by atoms with Crippen molar-refractivity contribution in [3.63, 3.8) is 0 Å². The van der Waals surface area contributed by atoms with Gasteiger partial charge in [0.2, 0.25) is 0 Å². The van der Waals surface area contributed by atoms with Crippen LogP contribution in [0.25, 0.3) is 16.8 Å². The highest BCUT2D eigenvalue weighted by molar-refractivity contribution is 6.31. The quantitative estimate of drug-likeness (QED) is 0.783. The lowest BCUT2D eigenvalue weighted by Crippen LogP contribution is -1.98. The van der Waals surface area contributed by atoms with Gasteiger partial charge in [-0.2, -0.15) is 5.10 Å². The second kappa shape index (κ2) is 6.90. The van der Waals surface area contributed by atoms with Gasteiger partial charge in [0.1, 0.15) is 0 Å². The molecule has 2 aromatic heterocycles. The zero-order valence-electron chi connectivity index (χ0n) is 10.4. The highest BCUT2D eigenvalue weighted by Gasteiger charge is 2.08. The number of nitrogens with zero attached hydrogens (tertiary/aromatic N) is 3.